The Balaban J connectivity index is 1.72. The Kier molecular flexibility index (Phi) is 7.28. The van der Waals surface area contributed by atoms with Gasteiger partial charge in [0.05, 0.1) is 30.0 Å². The minimum absolute atomic E-state index is 0.0504. The van der Waals surface area contributed by atoms with Gasteiger partial charge in [0.15, 0.2) is 0 Å². The van der Waals surface area contributed by atoms with E-state index < -0.39 is 5.95 Å². The summed E-state index contributed by atoms with van der Waals surface area (Å²) in [5.41, 5.74) is 3.44. The molecule has 0 aliphatic rings. The standard InChI is InChI=1S/C24H19FN6O/c1-3-28-21(15-27-2)18-5-7-23(30-14-18)31-24(32)11-16-4-6-20(19(10-16)13-26)17-8-9-29-22(25)12-17/h3-10,12,14-15H,2,11H2,1H3,(H,30,31,32)/b21-15-,28-3-. The normalized spacial score (nSPS) is 11.2. The highest BCUT2D eigenvalue weighted by molar-refractivity contribution is 5.91. The van der Waals surface area contributed by atoms with E-state index in [0.29, 0.717) is 33.8 Å². The lowest BCUT2D eigenvalue weighted by Crippen LogP contribution is -2.15. The van der Waals surface area contributed by atoms with Gasteiger partial charge < -0.3 is 5.32 Å². The molecule has 1 aromatic carbocycles. The monoisotopic (exact) mass is 426 g/mol. The number of carbonyl (C=O) groups excluding carboxylic acids is 1. The second-order valence-corrected chi connectivity index (χ2v) is 6.60. The van der Waals surface area contributed by atoms with Crippen LogP contribution in [0.1, 0.15) is 23.6 Å². The van der Waals surface area contributed by atoms with Crippen LogP contribution in [0.25, 0.3) is 16.8 Å². The van der Waals surface area contributed by atoms with E-state index >= 15 is 0 Å². The molecular formula is C24H19FN6O. The quantitative estimate of drug-likeness (QED) is 0.446. The number of hydrogen-bond donors (Lipinski definition) is 1. The number of anilines is 1. The first-order chi connectivity index (χ1) is 15.5. The second kappa shape index (κ2) is 10.5. The Hall–Kier alpha value is -4.51. The molecule has 0 atom stereocenters. The van der Waals surface area contributed by atoms with Crippen LogP contribution in [-0.2, 0) is 11.2 Å². The van der Waals surface area contributed by atoms with Gasteiger partial charge in [-0.2, -0.15) is 9.65 Å². The maximum atomic E-state index is 13.4. The fourth-order valence-corrected chi connectivity index (χ4v) is 3.02. The summed E-state index contributed by atoms with van der Waals surface area (Å²) >= 11 is 0. The van der Waals surface area contributed by atoms with Gasteiger partial charge in [0, 0.05) is 30.2 Å². The molecule has 2 heterocycles. The molecule has 7 nitrogen and oxygen atoms in total. The number of pyridine rings is 2. The van der Waals surface area contributed by atoms with Crippen molar-refractivity contribution in [2.24, 2.45) is 9.98 Å². The molecule has 0 aliphatic carbocycles. The molecule has 2 aromatic heterocycles. The minimum atomic E-state index is -0.627. The summed E-state index contributed by atoms with van der Waals surface area (Å²) in [4.78, 5) is 28.1. The van der Waals surface area contributed by atoms with E-state index in [1.807, 2.05) is 0 Å². The van der Waals surface area contributed by atoms with Gasteiger partial charge in [-0.15, -0.1) is 0 Å². The molecule has 0 saturated heterocycles. The number of aromatic nitrogens is 2. The maximum Gasteiger partial charge on any atom is 0.229 e. The summed E-state index contributed by atoms with van der Waals surface area (Å²) in [6.45, 7) is 5.22. The van der Waals surface area contributed by atoms with Crippen LogP contribution in [0.15, 0.2) is 71.0 Å². The summed E-state index contributed by atoms with van der Waals surface area (Å²) in [5, 5.41) is 12.2. The number of aliphatic imine (C=N–C) groups is 2. The molecule has 0 aliphatic heterocycles. The fraction of sp³-hybridized carbons (Fsp3) is 0.0833. The molecule has 1 amide bonds. The van der Waals surface area contributed by atoms with Crippen LogP contribution in [0.3, 0.4) is 0 Å². The Morgan fingerprint density at radius 1 is 1.25 bits per heavy atom. The maximum absolute atomic E-state index is 13.4. The highest BCUT2D eigenvalue weighted by atomic mass is 19.1. The smallest absolute Gasteiger partial charge is 0.229 e. The topological polar surface area (TPSA) is 103 Å². The first kappa shape index (κ1) is 22.2. The van der Waals surface area contributed by atoms with E-state index in [0.717, 1.165) is 5.56 Å². The Bertz CT molecular complexity index is 1240. The molecule has 0 fully saturated rings. The first-order valence-electron chi connectivity index (χ1n) is 9.60. The third-order valence-electron chi connectivity index (χ3n) is 4.42. The SMILES string of the molecule is C=N/C=C(\N=C/C)c1ccc(NC(=O)Cc2ccc(-c3ccnc(F)c3)c(C#N)c2)nc1. The third-order valence-corrected chi connectivity index (χ3v) is 4.42. The molecular weight excluding hydrogens is 407 g/mol. The van der Waals surface area contributed by atoms with Gasteiger partial charge in [-0.05, 0) is 54.6 Å². The van der Waals surface area contributed by atoms with E-state index in [2.05, 4.69) is 38.1 Å². The van der Waals surface area contributed by atoms with E-state index in [4.69, 9.17) is 0 Å². The van der Waals surface area contributed by atoms with Gasteiger partial charge >= 0.3 is 0 Å². The molecule has 3 aromatic rings. The third kappa shape index (κ3) is 5.55. The minimum Gasteiger partial charge on any atom is -0.310 e. The molecule has 1 N–H and O–H groups in total. The van der Waals surface area contributed by atoms with Crippen LogP contribution in [0, 0.1) is 17.3 Å². The van der Waals surface area contributed by atoms with Crippen molar-refractivity contribution >= 4 is 30.4 Å². The largest absolute Gasteiger partial charge is 0.310 e. The van der Waals surface area contributed by atoms with E-state index in [9.17, 15) is 14.4 Å². The molecule has 0 spiro atoms. The van der Waals surface area contributed by atoms with Crippen LogP contribution in [0.5, 0.6) is 0 Å². The summed E-state index contributed by atoms with van der Waals surface area (Å²) in [6, 6.07) is 13.5. The Morgan fingerprint density at radius 3 is 2.75 bits per heavy atom. The molecule has 0 saturated carbocycles. The molecule has 32 heavy (non-hydrogen) atoms. The molecule has 3 rings (SSSR count). The van der Waals surface area contributed by atoms with Gasteiger partial charge in [-0.1, -0.05) is 12.1 Å². The zero-order chi connectivity index (χ0) is 22.9. The fourth-order valence-electron chi connectivity index (χ4n) is 3.02. The summed E-state index contributed by atoms with van der Waals surface area (Å²) in [5.74, 6) is -0.528. The van der Waals surface area contributed by atoms with Gasteiger partial charge in [0.2, 0.25) is 11.9 Å². The van der Waals surface area contributed by atoms with Crippen LogP contribution in [0.2, 0.25) is 0 Å². The van der Waals surface area contributed by atoms with Crippen molar-refractivity contribution in [3.05, 3.63) is 83.7 Å². The lowest BCUT2D eigenvalue weighted by atomic mass is 9.98. The Morgan fingerprint density at radius 2 is 2.09 bits per heavy atom. The van der Waals surface area contributed by atoms with Crippen molar-refractivity contribution in [2.45, 2.75) is 13.3 Å². The van der Waals surface area contributed by atoms with Crippen LogP contribution < -0.4 is 5.32 Å². The number of nitrogens with zero attached hydrogens (tertiary/aromatic N) is 5. The number of halogens is 1. The predicted octanol–water partition coefficient (Wildman–Crippen LogP) is 4.43. The van der Waals surface area contributed by atoms with Crippen LogP contribution >= 0.6 is 0 Å². The number of rotatable bonds is 7. The van der Waals surface area contributed by atoms with Crippen molar-refractivity contribution in [3.8, 4) is 17.2 Å². The first-order valence-corrected chi connectivity index (χ1v) is 9.60. The van der Waals surface area contributed by atoms with E-state index in [-0.39, 0.29) is 12.3 Å². The van der Waals surface area contributed by atoms with Crippen LogP contribution in [0.4, 0.5) is 10.2 Å². The summed E-state index contributed by atoms with van der Waals surface area (Å²) in [6.07, 6.45) is 6.13. The van der Waals surface area contributed by atoms with E-state index in [1.165, 1.54) is 18.5 Å². The average Bonchev–Trinajstić information content (AvgIpc) is 2.79. The number of amides is 1. The zero-order valence-corrected chi connectivity index (χ0v) is 17.3. The van der Waals surface area contributed by atoms with Gasteiger partial charge in [0.1, 0.15) is 5.82 Å². The molecule has 0 bridgehead atoms. The number of benzene rings is 1. The molecule has 158 valence electrons. The Labute approximate surface area is 184 Å². The lowest BCUT2D eigenvalue weighted by Gasteiger charge is -2.09. The van der Waals surface area contributed by atoms with Crippen molar-refractivity contribution in [1.82, 2.24) is 9.97 Å². The van der Waals surface area contributed by atoms with Gasteiger partial charge in [0.25, 0.3) is 0 Å². The molecule has 0 unspecified atom stereocenters. The zero-order valence-electron chi connectivity index (χ0n) is 17.3. The number of hydrogen-bond acceptors (Lipinski definition) is 6. The van der Waals surface area contributed by atoms with E-state index in [1.54, 1.807) is 55.7 Å². The van der Waals surface area contributed by atoms with Gasteiger partial charge in [-0.3, -0.25) is 14.8 Å². The number of nitrogens with one attached hydrogen (secondary N) is 1. The molecule has 8 heteroatoms. The van der Waals surface area contributed by atoms with Crippen molar-refractivity contribution in [1.29, 1.82) is 5.26 Å². The highest BCUT2D eigenvalue weighted by Crippen LogP contribution is 2.25. The van der Waals surface area contributed by atoms with Crippen molar-refractivity contribution < 1.29 is 9.18 Å². The van der Waals surface area contributed by atoms with Crippen molar-refractivity contribution in [2.75, 3.05) is 5.32 Å². The lowest BCUT2D eigenvalue weighted by molar-refractivity contribution is -0.115. The average molecular weight is 426 g/mol. The second-order valence-electron chi connectivity index (χ2n) is 6.60. The van der Waals surface area contributed by atoms with Crippen LogP contribution in [-0.4, -0.2) is 28.8 Å². The highest BCUT2D eigenvalue weighted by Gasteiger charge is 2.11. The predicted molar refractivity (Wildman–Crippen MR) is 123 cm³/mol. The number of nitriles is 1. The van der Waals surface area contributed by atoms with Gasteiger partial charge in [-0.25, -0.2) is 9.97 Å². The molecule has 0 radical (unpaired) electrons. The summed E-state index contributed by atoms with van der Waals surface area (Å²) in [7, 11) is 0. The number of carbonyl (C=O) groups is 1. The van der Waals surface area contributed by atoms with Crippen molar-refractivity contribution in [3.63, 3.8) is 0 Å². The summed E-state index contributed by atoms with van der Waals surface area (Å²) < 4.78 is 13.4.